The van der Waals surface area contributed by atoms with Crippen LogP contribution in [0.3, 0.4) is 0 Å². The SMILES string of the molecule is C[S-](=N)=O.NC(=O)c1cc(C2CC2)c(OCC23CC4CC(CC(C4)C2)C3)cc1F. The van der Waals surface area contributed by atoms with E-state index in [1.807, 2.05) is 0 Å². The van der Waals surface area contributed by atoms with E-state index < -0.39 is 22.3 Å². The summed E-state index contributed by atoms with van der Waals surface area (Å²) in [5.74, 6) is 2.42. The fraction of sp³-hybridized carbons (Fsp3) is 0.682. The molecule has 5 fully saturated rings. The normalized spacial score (nSPS) is 32.0. The highest BCUT2D eigenvalue weighted by Crippen LogP contribution is 2.60. The molecule has 1 aromatic carbocycles. The van der Waals surface area contributed by atoms with Gasteiger partial charge >= 0.3 is 0 Å². The van der Waals surface area contributed by atoms with Crippen molar-refractivity contribution < 1.29 is 18.1 Å². The summed E-state index contributed by atoms with van der Waals surface area (Å²) in [7, 11) is -1.36. The average Bonchev–Trinajstić information content (AvgIpc) is 3.43. The summed E-state index contributed by atoms with van der Waals surface area (Å²) in [4.78, 5) is 11.5. The van der Waals surface area contributed by atoms with Gasteiger partial charge in [-0.3, -0.25) is 4.79 Å². The van der Waals surface area contributed by atoms with Crippen molar-refractivity contribution in [2.75, 3.05) is 12.9 Å². The van der Waals surface area contributed by atoms with Crippen LogP contribution in [0, 0.1) is 33.8 Å². The molecule has 1 amide bonds. The Labute approximate surface area is 173 Å². The van der Waals surface area contributed by atoms with Gasteiger partial charge in [-0.05, 0) is 86.7 Å². The molecular formula is C22H30FN2O3S-. The second-order valence-corrected chi connectivity index (χ2v) is 10.6. The molecule has 0 radical (unpaired) electrons. The Morgan fingerprint density at radius 1 is 1.21 bits per heavy atom. The molecule has 5 nitrogen and oxygen atoms in total. The lowest BCUT2D eigenvalue weighted by molar-refractivity contribution is -0.0747. The first-order chi connectivity index (χ1) is 13.7. The summed E-state index contributed by atoms with van der Waals surface area (Å²) in [6.45, 7) is 0.700. The van der Waals surface area contributed by atoms with Gasteiger partial charge in [-0.1, -0.05) is 0 Å². The zero-order valence-corrected chi connectivity index (χ0v) is 17.7. The quantitative estimate of drug-likeness (QED) is 0.673. The number of primary amides is 1. The maximum absolute atomic E-state index is 14.3. The van der Waals surface area contributed by atoms with Crippen molar-refractivity contribution in [2.24, 2.45) is 28.9 Å². The van der Waals surface area contributed by atoms with E-state index in [1.165, 1.54) is 50.8 Å². The number of halogens is 1. The predicted molar refractivity (Wildman–Crippen MR) is 110 cm³/mol. The fourth-order valence-electron chi connectivity index (χ4n) is 6.30. The van der Waals surface area contributed by atoms with Gasteiger partial charge in [-0.25, -0.2) is 4.39 Å². The van der Waals surface area contributed by atoms with Crippen LogP contribution >= 0.6 is 0 Å². The number of nitrogens with two attached hydrogens (primary N) is 1. The Morgan fingerprint density at radius 2 is 1.72 bits per heavy atom. The van der Waals surface area contributed by atoms with Crippen LogP contribution in [0.1, 0.15) is 73.2 Å². The molecule has 4 bridgehead atoms. The van der Waals surface area contributed by atoms with Crippen LogP contribution in [0.25, 0.3) is 0 Å². The standard InChI is InChI=1S/C21H26FNO2.CH4NOS/c22-18-7-19(16(15-1-2-15)6-17(18)20(23)24)25-11-21-8-12-3-13(9-21)5-14(4-12)10-21;1-4(2)3/h6-7,12-15H,1-5,8-11H2,(H2,23,24);2H,1H3/q;-1. The Kier molecular flexibility index (Phi) is 5.62. The lowest BCUT2D eigenvalue weighted by atomic mass is 9.50. The third-order valence-electron chi connectivity index (χ3n) is 7.08. The minimum Gasteiger partial charge on any atom is -0.493 e. The lowest BCUT2D eigenvalue weighted by Gasteiger charge is -2.56. The van der Waals surface area contributed by atoms with Crippen LogP contribution in [0.5, 0.6) is 5.75 Å². The highest BCUT2D eigenvalue weighted by molar-refractivity contribution is 7.72. The second kappa shape index (κ2) is 7.89. The molecule has 5 aliphatic rings. The van der Waals surface area contributed by atoms with Gasteiger partial charge in [0.25, 0.3) is 5.91 Å². The topological polar surface area (TPSA) is 93.2 Å². The van der Waals surface area contributed by atoms with E-state index in [0.717, 1.165) is 36.2 Å². The van der Waals surface area contributed by atoms with Crippen LogP contribution in [0.4, 0.5) is 4.39 Å². The summed E-state index contributed by atoms with van der Waals surface area (Å²) in [6, 6.07) is 3.03. The number of ether oxygens (including phenoxy) is 1. The fourth-order valence-corrected chi connectivity index (χ4v) is 6.30. The maximum atomic E-state index is 14.3. The number of carbonyl (C=O) groups is 1. The number of hydrogen-bond acceptors (Lipinski definition) is 5. The summed E-state index contributed by atoms with van der Waals surface area (Å²) in [5, 5.41) is 0. The summed E-state index contributed by atoms with van der Waals surface area (Å²) >= 11 is 0. The molecule has 0 saturated heterocycles. The van der Waals surface area contributed by atoms with Crippen LogP contribution in [-0.2, 0) is 14.8 Å². The van der Waals surface area contributed by atoms with Gasteiger partial charge in [0.05, 0.1) is 12.2 Å². The number of nitrogens with one attached hydrogen (secondary N) is 1. The van der Waals surface area contributed by atoms with Crippen LogP contribution < -0.4 is 10.5 Å². The molecule has 3 N–H and O–H groups in total. The highest BCUT2D eigenvalue weighted by atomic mass is 32.2. The Bertz CT molecular complexity index is 836. The van der Waals surface area contributed by atoms with Gasteiger partial charge in [0.15, 0.2) is 0 Å². The monoisotopic (exact) mass is 421 g/mol. The van der Waals surface area contributed by atoms with Crippen molar-refractivity contribution in [1.29, 1.82) is 4.78 Å². The number of amides is 1. The van der Waals surface area contributed by atoms with E-state index in [-0.39, 0.29) is 5.56 Å². The smallest absolute Gasteiger partial charge is 0.251 e. The molecule has 0 unspecified atom stereocenters. The molecule has 5 saturated carbocycles. The van der Waals surface area contributed by atoms with E-state index in [2.05, 4.69) is 0 Å². The Hall–Kier alpha value is -1.63. The van der Waals surface area contributed by atoms with Crippen molar-refractivity contribution in [3.63, 3.8) is 0 Å². The van der Waals surface area contributed by atoms with E-state index in [9.17, 15) is 13.4 Å². The van der Waals surface area contributed by atoms with Crippen LogP contribution in [0.15, 0.2) is 12.1 Å². The Balaban J connectivity index is 0.000000472. The van der Waals surface area contributed by atoms with Crippen molar-refractivity contribution >= 4 is 16.5 Å². The molecule has 5 aliphatic carbocycles. The van der Waals surface area contributed by atoms with E-state index in [0.29, 0.717) is 23.7 Å². The number of hydrogen-bond donors (Lipinski definition) is 2. The first-order valence-electron chi connectivity index (χ1n) is 10.6. The zero-order chi connectivity index (χ0) is 20.8. The molecule has 6 rings (SSSR count). The molecule has 7 heteroatoms. The van der Waals surface area contributed by atoms with Gasteiger partial charge in [-0.2, -0.15) is 10.6 Å². The average molecular weight is 422 g/mol. The first-order valence-corrected chi connectivity index (χ1v) is 12.1. The molecular weight excluding hydrogens is 391 g/mol. The van der Waals surface area contributed by atoms with Gasteiger partial charge in [0, 0.05) is 11.5 Å². The molecule has 0 aliphatic heterocycles. The summed E-state index contributed by atoms with van der Waals surface area (Å²) < 4.78 is 35.8. The van der Waals surface area contributed by atoms with E-state index >= 15 is 0 Å². The zero-order valence-electron chi connectivity index (χ0n) is 16.9. The largest absolute Gasteiger partial charge is 0.493 e. The predicted octanol–water partition coefficient (Wildman–Crippen LogP) is 4.74. The summed E-state index contributed by atoms with van der Waals surface area (Å²) in [6.07, 6.45) is 11.5. The molecule has 29 heavy (non-hydrogen) atoms. The maximum Gasteiger partial charge on any atom is 0.251 e. The molecule has 0 aromatic heterocycles. The molecule has 1 aromatic rings. The number of benzene rings is 1. The van der Waals surface area contributed by atoms with Crippen molar-refractivity contribution in [2.45, 2.75) is 57.3 Å². The molecule has 0 spiro atoms. The van der Waals surface area contributed by atoms with E-state index in [1.54, 1.807) is 6.07 Å². The van der Waals surface area contributed by atoms with Crippen molar-refractivity contribution in [3.05, 3.63) is 29.1 Å². The molecule has 0 heterocycles. The molecule has 160 valence electrons. The lowest BCUT2D eigenvalue weighted by Crippen LogP contribution is -2.48. The van der Waals surface area contributed by atoms with Crippen LogP contribution in [0.2, 0.25) is 0 Å². The van der Waals surface area contributed by atoms with Gasteiger partial charge < -0.3 is 19.5 Å². The van der Waals surface area contributed by atoms with Crippen LogP contribution in [-0.4, -0.2) is 18.8 Å². The molecule has 0 atom stereocenters. The third kappa shape index (κ3) is 4.60. The van der Waals surface area contributed by atoms with Gasteiger partial charge in [0.1, 0.15) is 11.6 Å². The minimum atomic E-state index is -1.36. The highest BCUT2D eigenvalue weighted by Gasteiger charge is 2.51. The van der Waals surface area contributed by atoms with Crippen molar-refractivity contribution in [1.82, 2.24) is 0 Å². The number of carbonyl (C=O) groups excluding carboxylic acids is 1. The second-order valence-electron chi connectivity index (χ2n) is 9.67. The minimum absolute atomic E-state index is 0.0101. The van der Waals surface area contributed by atoms with Gasteiger partial charge in [-0.15, -0.1) is 6.26 Å². The van der Waals surface area contributed by atoms with E-state index in [4.69, 9.17) is 15.3 Å². The third-order valence-corrected chi connectivity index (χ3v) is 7.08. The van der Waals surface area contributed by atoms with Gasteiger partial charge in [0.2, 0.25) is 0 Å². The Morgan fingerprint density at radius 3 is 2.17 bits per heavy atom. The first kappa shape index (κ1) is 20.6. The summed E-state index contributed by atoms with van der Waals surface area (Å²) in [5.41, 5.74) is 6.57. The number of rotatable bonds is 5. The van der Waals surface area contributed by atoms with Crippen molar-refractivity contribution in [3.8, 4) is 5.75 Å².